The number of carbonyl (C=O) groups is 2. The lowest BCUT2D eigenvalue weighted by Crippen LogP contribution is -2.36. The van der Waals surface area contributed by atoms with Crippen molar-refractivity contribution in [3.63, 3.8) is 0 Å². The first-order chi connectivity index (χ1) is 5.56. The van der Waals surface area contributed by atoms with Crippen LogP contribution in [0.25, 0.3) is 0 Å². The van der Waals surface area contributed by atoms with Gasteiger partial charge in [-0.05, 0) is 0 Å². The summed E-state index contributed by atoms with van der Waals surface area (Å²) in [5.41, 5.74) is 9.72. The molecule has 0 radical (unpaired) electrons. The molecule has 0 aromatic carbocycles. The summed E-state index contributed by atoms with van der Waals surface area (Å²) in [5.74, 6) is -2.00. The van der Waals surface area contributed by atoms with Crippen LogP contribution in [0, 0.1) is 5.41 Å². The molecule has 0 rings (SSSR count). The second-order valence-electron chi connectivity index (χ2n) is 1.82. The van der Waals surface area contributed by atoms with Gasteiger partial charge in [-0.2, -0.15) is 0 Å². The Bertz CT molecular complexity index is 203. The van der Waals surface area contributed by atoms with Gasteiger partial charge in [-0.25, -0.2) is 4.79 Å². The van der Waals surface area contributed by atoms with Gasteiger partial charge in [0.1, 0.15) is 6.54 Å². The molecule has 68 valence electrons. The summed E-state index contributed by atoms with van der Waals surface area (Å²) in [6, 6.07) is 0. The number of nitrogens with two attached hydrogens (primary N) is 2. The Hall–Kier alpha value is -1.63. The zero-order valence-corrected chi connectivity index (χ0v) is 6.29. The molecule has 0 aliphatic carbocycles. The highest BCUT2D eigenvalue weighted by Crippen LogP contribution is 1.76. The standard InChI is InChI=1S/C5H10N4O3/c6-1-3(10)12-4(11)2-9-5(7)8/h1-2,6H2,(H4,7,8,9). The first-order valence-corrected chi connectivity index (χ1v) is 3.07. The molecule has 7 nitrogen and oxygen atoms in total. The van der Waals surface area contributed by atoms with E-state index in [1.165, 1.54) is 0 Å². The molecular formula is C5H10N4O3. The maximum atomic E-state index is 10.6. The Morgan fingerprint density at radius 2 is 2.00 bits per heavy atom. The van der Waals surface area contributed by atoms with Crippen LogP contribution >= 0.6 is 0 Å². The van der Waals surface area contributed by atoms with Crippen LogP contribution in [0.1, 0.15) is 0 Å². The quantitative estimate of drug-likeness (QED) is 0.162. The number of ether oxygens (including phenoxy) is 1. The number of nitrogens with one attached hydrogen (secondary N) is 2. The molecule has 0 amide bonds. The van der Waals surface area contributed by atoms with Crippen LogP contribution in [-0.4, -0.2) is 31.0 Å². The number of rotatable bonds is 3. The molecule has 0 aliphatic rings. The molecule has 12 heavy (non-hydrogen) atoms. The number of esters is 2. The van der Waals surface area contributed by atoms with Gasteiger partial charge in [0.15, 0.2) is 5.96 Å². The Balaban J connectivity index is 3.60. The summed E-state index contributed by atoms with van der Waals surface area (Å²) in [5, 5.41) is 8.83. The molecule has 0 aliphatic heterocycles. The van der Waals surface area contributed by atoms with Crippen LogP contribution in [0.15, 0.2) is 0 Å². The van der Waals surface area contributed by atoms with Crippen molar-refractivity contribution in [3.05, 3.63) is 0 Å². The minimum Gasteiger partial charge on any atom is -0.391 e. The van der Waals surface area contributed by atoms with E-state index in [0.29, 0.717) is 0 Å². The molecule has 6 N–H and O–H groups in total. The minimum atomic E-state index is -0.819. The van der Waals surface area contributed by atoms with Gasteiger partial charge in [0.2, 0.25) is 0 Å². The van der Waals surface area contributed by atoms with Gasteiger partial charge in [0, 0.05) is 0 Å². The van der Waals surface area contributed by atoms with E-state index in [0.717, 1.165) is 0 Å². The minimum absolute atomic E-state index is 0.318. The average molecular weight is 174 g/mol. The molecule has 0 fully saturated rings. The molecular weight excluding hydrogens is 164 g/mol. The maximum Gasteiger partial charge on any atom is 0.333 e. The fourth-order valence-corrected chi connectivity index (χ4v) is 0.372. The summed E-state index contributed by atoms with van der Waals surface area (Å²) in [6.07, 6.45) is 0. The van der Waals surface area contributed by atoms with Crippen molar-refractivity contribution in [2.45, 2.75) is 0 Å². The lowest BCUT2D eigenvalue weighted by Gasteiger charge is -2.02. The largest absolute Gasteiger partial charge is 0.391 e. The molecule has 0 saturated carbocycles. The lowest BCUT2D eigenvalue weighted by molar-refractivity contribution is -0.157. The third-order valence-corrected chi connectivity index (χ3v) is 0.818. The average Bonchev–Trinajstić information content (AvgIpc) is 2.00. The van der Waals surface area contributed by atoms with E-state index in [4.69, 9.17) is 16.9 Å². The number of guanidine groups is 1. The van der Waals surface area contributed by atoms with Crippen molar-refractivity contribution >= 4 is 17.9 Å². The second kappa shape index (κ2) is 5.08. The molecule has 0 bridgehead atoms. The second-order valence-corrected chi connectivity index (χ2v) is 1.82. The Labute approximate surface area is 68.6 Å². The van der Waals surface area contributed by atoms with Crippen LogP contribution in [0.4, 0.5) is 0 Å². The van der Waals surface area contributed by atoms with E-state index in [2.05, 4.69) is 10.1 Å². The highest BCUT2D eigenvalue weighted by atomic mass is 16.6. The fraction of sp³-hybridized carbons (Fsp3) is 0.400. The first kappa shape index (κ1) is 10.4. The molecule has 0 spiro atoms. The van der Waals surface area contributed by atoms with Gasteiger partial charge in [-0.1, -0.05) is 0 Å². The molecule has 7 heteroatoms. The molecule has 0 atom stereocenters. The molecule has 0 heterocycles. The molecule has 0 aromatic rings. The van der Waals surface area contributed by atoms with Gasteiger partial charge in [-0.15, -0.1) is 0 Å². The number of carbonyl (C=O) groups excluding carboxylic acids is 2. The molecule has 0 aromatic heterocycles. The highest BCUT2D eigenvalue weighted by molar-refractivity contribution is 5.89. The van der Waals surface area contributed by atoms with Crippen molar-refractivity contribution in [1.29, 1.82) is 5.41 Å². The lowest BCUT2D eigenvalue weighted by atomic mass is 10.6. The molecule has 0 unspecified atom stereocenters. The monoisotopic (exact) mass is 174 g/mol. The Morgan fingerprint density at radius 3 is 2.42 bits per heavy atom. The van der Waals surface area contributed by atoms with E-state index in [9.17, 15) is 9.59 Å². The SMILES string of the molecule is N=C(N)NCC(=O)OC(=O)CN. The predicted molar refractivity (Wildman–Crippen MR) is 40.1 cm³/mol. The smallest absolute Gasteiger partial charge is 0.333 e. The fourth-order valence-electron chi connectivity index (χ4n) is 0.372. The summed E-state index contributed by atoms with van der Waals surface area (Å²) in [6.45, 7) is -0.674. The normalized spacial score (nSPS) is 8.75. The van der Waals surface area contributed by atoms with Gasteiger partial charge in [0.25, 0.3) is 0 Å². The van der Waals surface area contributed by atoms with Gasteiger partial charge < -0.3 is 21.5 Å². The highest BCUT2D eigenvalue weighted by Gasteiger charge is 2.07. The topological polar surface area (TPSA) is 131 Å². The van der Waals surface area contributed by atoms with E-state index >= 15 is 0 Å². The van der Waals surface area contributed by atoms with E-state index in [1.54, 1.807) is 0 Å². The zero-order chi connectivity index (χ0) is 9.56. The van der Waals surface area contributed by atoms with Crippen LogP contribution in [0.3, 0.4) is 0 Å². The summed E-state index contributed by atoms with van der Waals surface area (Å²) < 4.78 is 4.13. The zero-order valence-electron chi connectivity index (χ0n) is 6.29. The number of hydrogen-bond acceptors (Lipinski definition) is 5. The summed E-state index contributed by atoms with van der Waals surface area (Å²) >= 11 is 0. The Morgan fingerprint density at radius 1 is 1.42 bits per heavy atom. The van der Waals surface area contributed by atoms with Crippen LogP contribution < -0.4 is 16.8 Å². The summed E-state index contributed by atoms with van der Waals surface area (Å²) in [4.78, 5) is 21.0. The van der Waals surface area contributed by atoms with E-state index in [1.807, 2.05) is 0 Å². The van der Waals surface area contributed by atoms with E-state index in [-0.39, 0.29) is 19.0 Å². The third-order valence-electron chi connectivity index (χ3n) is 0.818. The van der Waals surface area contributed by atoms with Gasteiger partial charge >= 0.3 is 11.9 Å². The first-order valence-electron chi connectivity index (χ1n) is 3.07. The van der Waals surface area contributed by atoms with Crippen molar-refractivity contribution in [1.82, 2.24) is 5.32 Å². The van der Waals surface area contributed by atoms with Gasteiger partial charge in [0.05, 0.1) is 6.54 Å². The van der Waals surface area contributed by atoms with Crippen molar-refractivity contribution in [3.8, 4) is 0 Å². The van der Waals surface area contributed by atoms with Crippen LogP contribution in [0.5, 0.6) is 0 Å². The van der Waals surface area contributed by atoms with Crippen molar-refractivity contribution < 1.29 is 14.3 Å². The van der Waals surface area contributed by atoms with Crippen LogP contribution in [0.2, 0.25) is 0 Å². The van der Waals surface area contributed by atoms with Crippen LogP contribution in [-0.2, 0) is 14.3 Å². The van der Waals surface area contributed by atoms with Gasteiger partial charge in [-0.3, -0.25) is 10.2 Å². The Kier molecular flexibility index (Phi) is 4.39. The third kappa shape index (κ3) is 5.18. The predicted octanol–water partition coefficient (Wildman–Crippen LogP) is -2.50. The maximum absolute atomic E-state index is 10.6. The molecule has 0 saturated heterocycles. The van der Waals surface area contributed by atoms with Crippen molar-refractivity contribution in [2.75, 3.05) is 13.1 Å². The van der Waals surface area contributed by atoms with Crippen molar-refractivity contribution in [2.24, 2.45) is 11.5 Å². The van der Waals surface area contributed by atoms with E-state index < -0.39 is 11.9 Å². The summed E-state index contributed by atoms with van der Waals surface area (Å²) in [7, 11) is 0. The number of hydrogen-bond donors (Lipinski definition) is 4.